The van der Waals surface area contributed by atoms with Crippen LogP contribution < -0.4 is 11.1 Å². The average molecular weight is 300 g/mol. The van der Waals surface area contributed by atoms with Gasteiger partial charge in [-0.2, -0.15) is 0 Å². The number of amidine groups is 1. The fraction of sp³-hybridized carbons (Fsp3) is 0.938. The number of hydrogen-bond acceptors (Lipinski definition) is 4. The van der Waals surface area contributed by atoms with Gasteiger partial charge < -0.3 is 21.2 Å². The second-order valence-electron chi connectivity index (χ2n) is 7.37. The van der Waals surface area contributed by atoms with Crippen LogP contribution in [0.5, 0.6) is 0 Å². The lowest BCUT2D eigenvalue weighted by Gasteiger charge is -2.25. The fourth-order valence-corrected chi connectivity index (χ4v) is 2.49. The van der Waals surface area contributed by atoms with Gasteiger partial charge >= 0.3 is 0 Å². The van der Waals surface area contributed by atoms with Gasteiger partial charge in [0.25, 0.3) is 0 Å². The van der Waals surface area contributed by atoms with Crippen LogP contribution in [0.4, 0.5) is 0 Å². The van der Waals surface area contributed by atoms with Crippen molar-refractivity contribution in [2.75, 3.05) is 27.2 Å². The number of nitrogens with two attached hydrogens (primary N) is 1. The molecule has 0 heterocycles. The Bertz CT molecular complexity index is 291. The van der Waals surface area contributed by atoms with Crippen molar-refractivity contribution in [3.05, 3.63) is 0 Å². The quantitative estimate of drug-likeness (QED) is 0.180. The average Bonchev–Trinajstić information content (AvgIpc) is 2.35. The summed E-state index contributed by atoms with van der Waals surface area (Å²) in [6.07, 6.45) is 4.33. The zero-order valence-corrected chi connectivity index (χ0v) is 14.8. The number of nitrogens with one attached hydrogen (secondary N) is 1. The first-order valence-corrected chi connectivity index (χ1v) is 8.05. The Balaban J connectivity index is 4.00. The molecule has 0 fully saturated rings. The number of hydrogen-bond donors (Lipinski definition) is 3. The zero-order valence-electron chi connectivity index (χ0n) is 14.8. The summed E-state index contributed by atoms with van der Waals surface area (Å²) in [4.78, 5) is 2.24. The lowest BCUT2D eigenvalue weighted by molar-refractivity contribution is 0.299. The first-order chi connectivity index (χ1) is 9.69. The van der Waals surface area contributed by atoms with Crippen LogP contribution in [-0.2, 0) is 0 Å². The normalized spacial score (nSPS) is 15.0. The van der Waals surface area contributed by atoms with Crippen LogP contribution >= 0.6 is 0 Å². The van der Waals surface area contributed by atoms with E-state index in [0.29, 0.717) is 17.8 Å². The van der Waals surface area contributed by atoms with E-state index in [1.165, 1.54) is 6.42 Å². The molecule has 1 atom stereocenters. The summed E-state index contributed by atoms with van der Waals surface area (Å²) >= 11 is 0. The number of nitrogens with zero attached hydrogens (tertiary/aromatic N) is 2. The lowest BCUT2D eigenvalue weighted by atomic mass is 9.86. The van der Waals surface area contributed by atoms with E-state index in [1.54, 1.807) is 0 Å². The van der Waals surface area contributed by atoms with E-state index in [0.717, 1.165) is 32.4 Å². The number of unbranched alkanes of at least 4 members (excludes halogenated alkanes) is 1. The number of likely N-dealkylation sites (N-methyl/N-ethyl adjacent to an activating group) is 1. The van der Waals surface area contributed by atoms with Gasteiger partial charge in [0.2, 0.25) is 0 Å². The Kier molecular flexibility index (Phi) is 9.62. The van der Waals surface area contributed by atoms with Crippen LogP contribution in [0.15, 0.2) is 5.16 Å². The standard InChI is InChI=1S/C16H36N4O/c1-13(2)11-14(12-20(5)6)18-10-8-7-9-16(3,4)15(17)19-21/h13-14,18,21H,7-12H2,1-6H3,(H2,17,19). The predicted molar refractivity (Wildman–Crippen MR) is 90.8 cm³/mol. The first-order valence-electron chi connectivity index (χ1n) is 8.05. The molecule has 5 nitrogen and oxygen atoms in total. The summed E-state index contributed by atoms with van der Waals surface area (Å²) in [7, 11) is 4.24. The Morgan fingerprint density at radius 1 is 1.29 bits per heavy atom. The molecular weight excluding hydrogens is 264 g/mol. The Morgan fingerprint density at radius 3 is 2.38 bits per heavy atom. The smallest absolute Gasteiger partial charge is 0.144 e. The molecule has 0 aromatic heterocycles. The Morgan fingerprint density at radius 2 is 1.90 bits per heavy atom. The summed E-state index contributed by atoms with van der Waals surface area (Å²) in [6, 6.07) is 0.553. The van der Waals surface area contributed by atoms with E-state index in [9.17, 15) is 0 Å². The van der Waals surface area contributed by atoms with Crippen molar-refractivity contribution in [1.29, 1.82) is 0 Å². The van der Waals surface area contributed by atoms with Gasteiger partial charge in [0.1, 0.15) is 5.84 Å². The van der Waals surface area contributed by atoms with Crippen LogP contribution in [0.3, 0.4) is 0 Å². The van der Waals surface area contributed by atoms with Gasteiger partial charge in [-0.15, -0.1) is 0 Å². The summed E-state index contributed by atoms with van der Waals surface area (Å²) in [5.74, 6) is 1.03. The fourth-order valence-electron chi connectivity index (χ4n) is 2.49. The molecule has 0 aliphatic rings. The van der Waals surface area contributed by atoms with Crippen molar-refractivity contribution < 1.29 is 5.21 Å². The van der Waals surface area contributed by atoms with E-state index < -0.39 is 0 Å². The first kappa shape index (κ1) is 20.2. The van der Waals surface area contributed by atoms with Gasteiger partial charge in [0.15, 0.2) is 0 Å². The van der Waals surface area contributed by atoms with Crippen LogP contribution in [-0.4, -0.2) is 49.2 Å². The van der Waals surface area contributed by atoms with Crippen LogP contribution in [0.1, 0.15) is 53.4 Å². The summed E-state index contributed by atoms with van der Waals surface area (Å²) < 4.78 is 0. The third kappa shape index (κ3) is 9.69. The molecule has 0 radical (unpaired) electrons. The molecule has 0 aromatic carbocycles. The molecule has 0 spiro atoms. The van der Waals surface area contributed by atoms with Crippen molar-refractivity contribution in [3.8, 4) is 0 Å². The SMILES string of the molecule is CC(C)CC(CN(C)C)NCCCCC(C)(C)C(N)=NO. The highest BCUT2D eigenvalue weighted by atomic mass is 16.4. The van der Waals surface area contributed by atoms with Gasteiger partial charge in [-0.3, -0.25) is 0 Å². The third-order valence-electron chi connectivity index (χ3n) is 3.80. The molecular formula is C16H36N4O. The van der Waals surface area contributed by atoms with Crippen LogP contribution in [0, 0.1) is 11.3 Å². The highest BCUT2D eigenvalue weighted by Crippen LogP contribution is 2.23. The van der Waals surface area contributed by atoms with Crippen molar-refractivity contribution in [3.63, 3.8) is 0 Å². The Hall–Kier alpha value is -0.810. The molecule has 0 saturated heterocycles. The van der Waals surface area contributed by atoms with Crippen molar-refractivity contribution in [1.82, 2.24) is 10.2 Å². The van der Waals surface area contributed by atoms with E-state index in [4.69, 9.17) is 10.9 Å². The van der Waals surface area contributed by atoms with Crippen LogP contribution in [0.25, 0.3) is 0 Å². The van der Waals surface area contributed by atoms with Crippen molar-refractivity contribution in [2.24, 2.45) is 22.2 Å². The third-order valence-corrected chi connectivity index (χ3v) is 3.80. The summed E-state index contributed by atoms with van der Waals surface area (Å²) in [5.41, 5.74) is 5.48. The molecule has 126 valence electrons. The van der Waals surface area contributed by atoms with Gasteiger partial charge in [-0.1, -0.05) is 39.3 Å². The van der Waals surface area contributed by atoms with Gasteiger partial charge in [-0.05, 0) is 45.8 Å². The molecule has 0 aliphatic carbocycles. The van der Waals surface area contributed by atoms with E-state index in [-0.39, 0.29) is 5.41 Å². The lowest BCUT2D eigenvalue weighted by Crippen LogP contribution is -2.39. The van der Waals surface area contributed by atoms with Crippen molar-refractivity contribution in [2.45, 2.75) is 59.4 Å². The highest BCUT2D eigenvalue weighted by Gasteiger charge is 2.22. The molecule has 0 aromatic rings. The largest absolute Gasteiger partial charge is 0.409 e. The minimum atomic E-state index is -0.226. The second kappa shape index (κ2) is 10.0. The molecule has 4 N–H and O–H groups in total. The maximum absolute atomic E-state index is 8.76. The van der Waals surface area contributed by atoms with E-state index in [1.807, 2.05) is 13.8 Å². The molecule has 0 saturated carbocycles. The predicted octanol–water partition coefficient (Wildman–Crippen LogP) is 2.50. The highest BCUT2D eigenvalue weighted by molar-refractivity contribution is 5.85. The second-order valence-corrected chi connectivity index (χ2v) is 7.37. The number of oxime groups is 1. The number of rotatable bonds is 11. The Labute approximate surface area is 131 Å². The van der Waals surface area contributed by atoms with Gasteiger partial charge in [0.05, 0.1) is 0 Å². The molecule has 21 heavy (non-hydrogen) atoms. The zero-order chi connectivity index (χ0) is 16.5. The molecule has 0 rings (SSSR count). The van der Waals surface area contributed by atoms with E-state index in [2.05, 4.69) is 43.3 Å². The maximum atomic E-state index is 8.76. The molecule has 5 heteroatoms. The molecule has 0 aliphatic heterocycles. The van der Waals surface area contributed by atoms with Crippen LogP contribution in [0.2, 0.25) is 0 Å². The van der Waals surface area contributed by atoms with Gasteiger partial charge in [-0.25, -0.2) is 0 Å². The summed E-state index contributed by atoms with van der Waals surface area (Å²) in [6.45, 7) is 10.7. The summed E-state index contributed by atoms with van der Waals surface area (Å²) in [5, 5.41) is 15.5. The molecule has 0 amide bonds. The van der Waals surface area contributed by atoms with E-state index >= 15 is 0 Å². The minimum Gasteiger partial charge on any atom is -0.409 e. The maximum Gasteiger partial charge on any atom is 0.144 e. The molecule has 1 unspecified atom stereocenters. The van der Waals surface area contributed by atoms with Gasteiger partial charge in [0, 0.05) is 18.0 Å². The topological polar surface area (TPSA) is 73.9 Å². The monoisotopic (exact) mass is 300 g/mol. The van der Waals surface area contributed by atoms with Crippen molar-refractivity contribution >= 4 is 5.84 Å². The minimum absolute atomic E-state index is 0.226. The molecule has 0 bridgehead atoms.